The van der Waals surface area contributed by atoms with Gasteiger partial charge in [-0.25, -0.2) is 0 Å². The van der Waals surface area contributed by atoms with E-state index in [-0.39, 0.29) is 28.0 Å². The molecule has 2 aliphatic rings. The van der Waals surface area contributed by atoms with E-state index >= 15 is 0 Å². The van der Waals surface area contributed by atoms with E-state index in [1.54, 1.807) is 0 Å². The SMILES string of the molecule is C[C@H]1OC([C@]2(O)C(Oc3cc(O)c4c(=O)cc(-c5ccc(O)c(O)c5)oc4c3)O[C@H](CO)[C@@H](O)[C@@H]2O)[C@@H](O)[C@@H](O)[C@@H]1O. The first kappa shape index (κ1) is 30.0. The molecule has 2 aliphatic heterocycles. The van der Waals surface area contributed by atoms with Gasteiger partial charge in [-0.05, 0) is 25.1 Å². The van der Waals surface area contributed by atoms with Gasteiger partial charge in [0.15, 0.2) is 22.5 Å². The van der Waals surface area contributed by atoms with E-state index in [0.29, 0.717) is 0 Å². The summed E-state index contributed by atoms with van der Waals surface area (Å²) < 4.78 is 22.6. The first-order valence-corrected chi connectivity index (χ1v) is 12.8. The molecule has 0 aliphatic carbocycles. The fraction of sp³-hybridized carbons (Fsp3) is 0.444. The fourth-order valence-electron chi connectivity index (χ4n) is 5.23. The van der Waals surface area contributed by atoms with Gasteiger partial charge >= 0.3 is 0 Å². The van der Waals surface area contributed by atoms with Gasteiger partial charge in [-0.2, -0.15) is 0 Å². The van der Waals surface area contributed by atoms with Gasteiger partial charge in [0.2, 0.25) is 6.29 Å². The molecule has 5 rings (SSSR count). The van der Waals surface area contributed by atoms with Gasteiger partial charge in [0.1, 0.15) is 71.0 Å². The number of fused-ring (bicyclic) bond motifs is 1. The van der Waals surface area contributed by atoms with Crippen molar-refractivity contribution in [1.82, 2.24) is 0 Å². The van der Waals surface area contributed by atoms with Crippen molar-refractivity contribution in [3.05, 3.63) is 46.6 Å². The number of phenols is 3. The lowest BCUT2D eigenvalue weighted by molar-refractivity contribution is -0.370. The van der Waals surface area contributed by atoms with Crippen LogP contribution in [0.25, 0.3) is 22.3 Å². The van der Waals surface area contributed by atoms with E-state index < -0.39 is 90.0 Å². The molecular formula is C27H30O15. The van der Waals surface area contributed by atoms with Gasteiger partial charge in [-0.15, -0.1) is 0 Å². The standard InChI is InChI=1S/C27H30O15/c1-9-20(33)22(35)23(36)25(39-9)27(38)24(37)21(34)18(8-28)42-26(27)40-11-5-14(31)19-15(32)7-16(41-17(19)6-11)10-2-3-12(29)13(30)4-10/h2-7,9,18,20-26,28-31,33-38H,8H2,1H3/t9-,18-,20-,21-,22+,23+,24+,25?,26?,27+/m1/s1. The number of ether oxygens (including phenoxy) is 3. The molecular weight excluding hydrogens is 564 g/mol. The van der Waals surface area contributed by atoms with Crippen molar-refractivity contribution in [2.24, 2.45) is 0 Å². The normalized spacial score (nSPS) is 35.3. The van der Waals surface area contributed by atoms with Crippen LogP contribution in [0.4, 0.5) is 0 Å². The molecule has 0 bridgehead atoms. The summed E-state index contributed by atoms with van der Waals surface area (Å²) in [6.45, 7) is 0.477. The molecule has 2 aromatic carbocycles. The molecule has 0 radical (unpaired) electrons. The molecule has 1 aromatic heterocycles. The number of hydrogen-bond acceptors (Lipinski definition) is 15. The monoisotopic (exact) mass is 594 g/mol. The molecule has 2 fully saturated rings. The van der Waals surface area contributed by atoms with Crippen LogP contribution in [0.2, 0.25) is 0 Å². The zero-order valence-corrected chi connectivity index (χ0v) is 21.9. The number of aliphatic hydroxyl groups excluding tert-OH is 6. The predicted molar refractivity (Wildman–Crippen MR) is 139 cm³/mol. The van der Waals surface area contributed by atoms with Crippen LogP contribution in [-0.4, -0.2) is 118 Å². The molecule has 2 saturated heterocycles. The van der Waals surface area contributed by atoms with Crippen LogP contribution in [0.5, 0.6) is 23.0 Å². The maximum Gasteiger partial charge on any atom is 0.234 e. The molecule has 10 atom stereocenters. The summed E-state index contributed by atoms with van der Waals surface area (Å²) in [7, 11) is 0. The lowest BCUT2D eigenvalue weighted by atomic mass is 9.77. The van der Waals surface area contributed by atoms with Crippen LogP contribution >= 0.6 is 0 Å². The van der Waals surface area contributed by atoms with Gasteiger partial charge in [0, 0.05) is 23.8 Å². The highest BCUT2D eigenvalue weighted by Gasteiger charge is 2.65. The van der Waals surface area contributed by atoms with E-state index in [0.717, 1.165) is 24.3 Å². The highest BCUT2D eigenvalue weighted by Crippen LogP contribution is 2.41. The topological polar surface area (TPSA) is 260 Å². The predicted octanol–water partition coefficient (Wildman–Crippen LogP) is -2.00. The van der Waals surface area contributed by atoms with Crippen molar-refractivity contribution in [3.63, 3.8) is 0 Å². The van der Waals surface area contributed by atoms with Crippen LogP contribution < -0.4 is 10.2 Å². The van der Waals surface area contributed by atoms with Gasteiger partial charge < -0.3 is 69.7 Å². The van der Waals surface area contributed by atoms with E-state index in [1.165, 1.54) is 19.1 Å². The van der Waals surface area contributed by atoms with Gasteiger partial charge in [-0.3, -0.25) is 4.79 Å². The Labute approximate surface area is 236 Å². The van der Waals surface area contributed by atoms with Crippen LogP contribution in [0, 0.1) is 0 Å². The van der Waals surface area contributed by atoms with Crippen molar-refractivity contribution in [3.8, 4) is 34.3 Å². The summed E-state index contributed by atoms with van der Waals surface area (Å²) in [5, 5.41) is 104. The molecule has 3 aromatic rings. The van der Waals surface area contributed by atoms with Crippen LogP contribution in [0.3, 0.4) is 0 Å². The summed E-state index contributed by atoms with van der Waals surface area (Å²) in [6, 6.07) is 6.79. The number of phenolic OH excluding ortho intramolecular Hbond substituents is 3. The number of aliphatic hydroxyl groups is 7. The molecule has 42 heavy (non-hydrogen) atoms. The van der Waals surface area contributed by atoms with Crippen LogP contribution in [-0.2, 0) is 9.47 Å². The second kappa shape index (κ2) is 11.0. The average Bonchev–Trinajstić information content (AvgIpc) is 2.95. The third-order valence-electron chi connectivity index (χ3n) is 7.63. The Morgan fingerprint density at radius 3 is 2.24 bits per heavy atom. The average molecular weight is 595 g/mol. The molecule has 2 unspecified atom stereocenters. The molecule has 0 spiro atoms. The van der Waals surface area contributed by atoms with E-state index in [4.69, 9.17) is 18.6 Å². The minimum Gasteiger partial charge on any atom is -0.507 e. The number of hydrogen-bond donors (Lipinski definition) is 10. The molecule has 3 heterocycles. The first-order chi connectivity index (χ1) is 19.8. The summed E-state index contributed by atoms with van der Waals surface area (Å²) in [5.41, 5.74) is -3.58. The highest BCUT2D eigenvalue weighted by molar-refractivity contribution is 5.86. The number of benzene rings is 2. The van der Waals surface area contributed by atoms with Gasteiger partial charge in [0.05, 0.1) is 12.7 Å². The minimum absolute atomic E-state index is 0.0658. The Hall–Kier alpha value is -3.51. The van der Waals surface area contributed by atoms with Crippen molar-refractivity contribution in [2.45, 2.75) is 67.6 Å². The quantitative estimate of drug-likeness (QED) is 0.143. The summed E-state index contributed by atoms with van der Waals surface area (Å²) in [4.78, 5) is 12.8. The third kappa shape index (κ3) is 4.84. The fourth-order valence-corrected chi connectivity index (χ4v) is 5.23. The number of rotatable bonds is 5. The lowest BCUT2D eigenvalue weighted by Crippen LogP contribution is -2.77. The minimum atomic E-state index is -2.85. The summed E-state index contributed by atoms with van der Waals surface area (Å²) in [6.07, 6.45) is -16.2. The van der Waals surface area contributed by atoms with E-state index in [9.17, 15) is 55.9 Å². The first-order valence-electron chi connectivity index (χ1n) is 12.8. The van der Waals surface area contributed by atoms with Crippen LogP contribution in [0.15, 0.2) is 45.6 Å². The molecule has 15 nitrogen and oxygen atoms in total. The maximum absolute atomic E-state index is 12.8. The molecule has 0 saturated carbocycles. The van der Waals surface area contributed by atoms with Crippen molar-refractivity contribution in [2.75, 3.05) is 6.61 Å². The summed E-state index contributed by atoms with van der Waals surface area (Å²) >= 11 is 0. The number of aromatic hydroxyl groups is 3. The zero-order valence-electron chi connectivity index (χ0n) is 21.9. The van der Waals surface area contributed by atoms with Crippen molar-refractivity contribution < 1.29 is 69.7 Å². The largest absolute Gasteiger partial charge is 0.507 e. The molecule has 228 valence electrons. The smallest absolute Gasteiger partial charge is 0.234 e. The van der Waals surface area contributed by atoms with Gasteiger partial charge in [-0.1, -0.05) is 0 Å². The Morgan fingerprint density at radius 1 is 0.857 bits per heavy atom. The lowest BCUT2D eigenvalue weighted by Gasteiger charge is -2.54. The van der Waals surface area contributed by atoms with Crippen LogP contribution in [0.1, 0.15) is 6.92 Å². The Bertz CT molecular complexity index is 1520. The second-order valence-electron chi connectivity index (χ2n) is 10.4. The van der Waals surface area contributed by atoms with E-state index in [2.05, 4.69) is 0 Å². The molecule has 0 amide bonds. The van der Waals surface area contributed by atoms with Crippen molar-refractivity contribution >= 4 is 11.0 Å². The summed E-state index contributed by atoms with van der Waals surface area (Å²) in [5.74, 6) is -1.91. The second-order valence-corrected chi connectivity index (χ2v) is 10.4. The Kier molecular flexibility index (Phi) is 7.82. The Morgan fingerprint density at radius 2 is 1.57 bits per heavy atom. The zero-order chi connectivity index (χ0) is 30.7. The molecule has 15 heteroatoms. The Balaban J connectivity index is 1.57. The maximum atomic E-state index is 12.8. The highest BCUT2D eigenvalue weighted by atomic mass is 16.7. The molecule has 10 N–H and O–H groups in total. The van der Waals surface area contributed by atoms with Gasteiger partial charge in [0.25, 0.3) is 0 Å². The van der Waals surface area contributed by atoms with Crippen molar-refractivity contribution in [1.29, 1.82) is 0 Å². The third-order valence-corrected chi connectivity index (χ3v) is 7.63. The van der Waals surface area contributed by atoms with E-state index in [1.807, 2.05) is 0 Å².